The van der Waals surface area contributed by atoms with Crippen molar-refractivity contribution in [3.05, 3.63) is 87.7 Å². The molecule has 3 aromatic rings. The van der Waals surface area contributed by atoms with Gasteiger partial charge < -0.3 is 14.3 Å². The second-order valence-corrected chi connectivity index (χ2v) is 6.47. The van der Waals surface area contributed by atoms with Crippen LogP contribution in [0.1, 0.15) is 17.2 Å². The highest BCUT2D eigenvalue weighted by molar-refractivity contribution is 6.35. The smallest absolute Gasteiger partial charge is 0.507 e. The van der Waals surface area contributed by atoms with Crippen LogP contribution in [0, 0.1) is 52.4 Å². The molecular weight excluding hydrogens is 458 g/mol. The van der Waals surface area contributed by atoms with Gasteiger partial charge in [0.2, 0.25) is 29.1 Å². The zero-order valence-electron chi connectivity index (χ0n) is 15.1. The number of hydrogen-bond acceptors (Lipinski definition) is 3. The molecule has 1 aliphatic rings. The Kier molecular flexibility index (Phi) is 5.33. The number of hydrogen-bond donors (Lipinski definition) is 1. The minimum Gasteiger partial charge on any atom is -0.507 e. The molecular formula is C19H6BF9O3. The van der Waals surface area contributed by atoms with E-state index in [1.165, 1.54) is 24.3 Å². The zero-order valence-corrected chi connectivity index (χ0v) is 15.1. The molecule has 1 aliphatic carbocycles. The van der Waals surface area contributed by atoms with Crippen molar-refractivity contribution in [3.63, 3.8) is 0 Å². The van der Waals surface area contributed by atoms with Gasteiger partial charge in [-0.3, -0.25) is 0 Å². The highest BCUT2D eigenvalue weighted by atomic mass is 19.2. The Morgan fingerprint density at radius 1 is 0.656 bits per heavy atom. The first-order valence-corrected chi connectivity index (χ1v) is 8.52. The van der Waals surface area contributed by atoms with Gasteiger partial charge in [-0.25, -0.2) is 30.7 Å². The van der Waals surface area contributed by atoms with Gasteiger partial charge in [0.05, 0.1) is 0 Å². The van der Waals surface area contributed by atoms with Gasteiger partial charge in [-0.15, -0.1) is 0 Å². The Labute approximate surface area is 172 Å². The Hall–Kier alpha value is -3.19. The van der Waals surface area contributed by atoms with Gasteiger partial charge in [0.1, 0.15) is 6.10 Å². The maximum atomic E-state index is 14.5. The lowest BCUT2D eigenvalue weighted by Crippen LogP contribution is -2.30. The van der Waals surface area contributed by atoms with E-state index in [-0.39, 0.29) is 11.1 Å². The van der Waals surface area contributed by atoms with Gasteiger partial charge in [-0.05, 0) is 11.1 Å². The molecule has 0 heterocycles. The molecule has 0 aromatic heterocycles. The summed E-state index contributed by atoms with van der Waals surface area (Å²) in [6.45, 7) is 0. The largest absolute Gasteiger partial charge is 0.711 e. The van der Waals surface area contributed by atoms with Crippen LogP contribution in [0.3, 0.4) is 0 Å². The highest BCUT2D eigenvalue weighted by Gasteiger charge is 2.42. The van der Waals surface area contributed by atoms with Crippen LogP contribution < -0.4 is 4.65 Å². The minimum atomic E-state index is -2.82. The van der Waals surface area contributed by atoms with Gasteiger partial charge in [-0.2, -0.15) is 8.78 Å². The molecule has 13 heteroatoms. The molecule has 0 bridgehead atoms. The average Bonchev–Trinajstić information content (AvgIpc) is 3.10. The first-order valence-electron chi connectivity index (χ1n) is 8.52. The van der Waals surface area contributed by atoms with Crippen LogP contribution >= 0.6 is 0 Å². The quantitative estimate of drug-likeness (QED) is 0.254. The molecule has 0 saturated carbocycles. The van der Waals surface area contributed by atoms with E-state index in [4.69, 9.17) is 4.65 Å². The lowest BCUT2D eigenvalue weighted by Gasteiger charge is -2.19. The Morgan fingerprint density at radius 3 is 1.78 bits per heavy atom. The van der Waals surface area contributed by atoms with Crippen LogP contribution in [0.5, 0.6) is 5.75 Å². The van der Waals surface area contributed by atoms with E-state index in [0.717, 1.165) is 0 Å². The van der Waals surface area contributed by atoms with Crippen LogP contribution in [-0.2, 0) is 4.65 Å². The predicted octanol–water partition coefficient (Wildman–Crippen LogP) is 5.08. The molecule has 0 saturated heterocycles. The van der Waals surface area contributed by atoms with Crippen molar-refractivity contribution in [1.29, 1.82) is 0 Å². The summed E-state index contributed by atoms with van der Waals surface area (Å²) in [5, 5.41) is 9.90. The van der Waals surface area contributed by atoms with Gasteiger partial charge in [0, 0.05) is 11.1 Å². The zero-order chi connectivity index (χ0) is 23.5. The third-order valence-corrected chi connectivity index (χ3v) is 4.72. The first-order chi connectivity index (χ1) is 15.1. The van der Waals surface area contributed by atoms with Crippen LogP contribution in [0.4, 0.5) is 39.5 Å². The van der Waals surface area contributed by atoms with Crippen LogP contribution in [0.15, 0.2) is 24.3 Å². The molecule has 0 fully saturated rings. The summed E-state index contributed by atoms with van der Waals surface area (Å²) in [6.07, 6.45) is -1.90. The Balaban J connectivity index is 1.76. The summed E-state index contributed by atoms with van der Waals surface area (Å²) in [5.74, 6) is -22.0. The molecule has 0 spiro atoms. The monoisotopic (exact) mass is 464 g/mol. The van der Waals surface area contributed by atoms with Crippen molar-refractivity contribution in [2.24, 2.45) is 0 Å². The lowest BCUT2D eigenvalue weighted by molar-refractivity contribution is 0.144. The molecule has 1 unspecified atom stereocenters. The number of rotatable bonds is 4. The highest BCUT2D eigenvalue weighted by Crippen LogP contribution is 2.49. The van der Waals surface area contributed by atoms with Gasteiger partial charge in [0.25, 0.3) is 0 Å². The normalized spacial score (nSPS) is 14.4. The summed E-state index contributed by atoms with van der Waals surface area (Å²) >= 11 is 0. The maximum absolute atomic E-state index is 14.5. The Bertz CT molecular complexity index is 1240. The third kappa shape index (κ3) is 3.11. The summed E-state index contributed by atoms with van der Waals surface area (Å²) in [6, 6.07) is 5.06. The number of halogens is 9. The van der Waals surface area contributed by atoms with E-state index in [1.54, 1.807) is 0 Å². The molecule has 32 heavy (non-hydrogen) atoms. The van der Waals surface area contributed by atoms with Crippen molar-refractivity contribution < 1.29 is 53.8 Å². The maximum Gasteiger partial charge on any atom is 0.711 e. The predicted molar refractivity (Wildman–Crippen MR) is 89.5 cm³/mol. The fraction of sp³-hybridized carbons (Fsp3) is 0.0526. The van der Waals surface area contributed by atoms with E-state index in [9.17, 15) is 44.5 Å². The standard InChI is InChI=1S/C19H6BF9O3/c21-9-7-5-3-1-2-4-6(5)18(8(7)10(22)12(24)11(9)23)31-20(30)32-19-16(28)14(26)13(25)15(27)17(19)29/h1-4,18,30H. The van der Waals surface area contributed by atoms with Crippen molar-refractivity contribution in [2.75, 3.05) is 0 Å². The number of benzene rings is 3. The topological polar surface area (TPSA) is 38.7 Å². The van der Waals surface area contributed by atoms with Crippen molar-refractivity contribution in [3.8, 4) is 16.9 Å². The summed E-state index contributed by atoms with van der Waals surface area (Å²) < 4.78 is 133. The molecule has 1 N–H and O–H groups in total. The summed E-state index contributed by atoms with van der Waals surface area (Å²) in [4.78, 5) is 0. The van der Waals surface area contributed by atoms with Crippen LogP contribution in [-0.4, -0.2) is 12.3 Å². The van der Waals surface area contributed by atoms with Crippen LogP contribution in [0.2, 0.25) is 0 Å². The first kappa shape index (κ1) is 22.0. The second-order valence-electron chi connectivity index (χ2n) is 6.47. The molecule has 3 nitrogen and oxygen atoms in total. The summed E-state index contributed by atoms with van der Waals surface area (Å²) in [5.41, 5.74) is -1.95. The fourth-order valence-electron chi connectivity index (χ4n) is 3.34. The van der Waals surface area contributed by atoms with Crippen molar-refractivity contribution >= 4 is 7.32 Å². The van der Waals surface area contributed by atoms with Crippen molar-refractivity contribution in [2.45, 2.75) is 6.10 Å². The third-order valence-electron chi connectivity index (χ3n) is 4.72. The molecule has 4 rings (SSSR count). The van der Waals surface area contributed by atoms with E-state index in [2.05, 4.69) is 4.65 Å². The van der Waals surface area contributed by atoms with Gasteiger partial charge in [-0.1, -0.05) is 24.3 Å². The van der Waals surface area contributed by atoms with Gasteiger partial charge in [0.15, 0.2) is 29.0 Å². The number of fused-ring (bicyclic) bond motifs is 3. The molecule has 3 aromatic carbocycles. The Morgan fingerprint density at radius 2 is 1.16 bits per heavy atom. The average molecular weight is 464 g/mol. The molecule has 1 atom stereocenters. The van der Waals surface area contributed by atoms with Crippen LogP contribution in [0.25, 0.3) is 11.1 Å². The van der Waals surface area contributed by atoms with E-state index in [1.807, 2.05) is 0 Å². The van der Waals surface area contributed by atoms with E-state index < -0.39 is 82.7 Å². The molecule has 166 valence electrons. The minimum absolute atomic E-state index is 0.134. The lowest BCUT2D eigenvalue weighted by atomic mass is 10.0. The second kappa shape index (κ2) is 7.75. The summed E-state index contributed by atoms with van der Waals surface area (Å²) in [7, 11) is -2.82. The van der Waals surface area contributed by atoms with E-state index >= 15 is 0 Å². The molecule has 0 amide bonds. The molecule has 0 aliphatic heterocycles. The molecule has 0 radical (unpaired) electrons. The van der Waals surface area contributed by atoms with Gasteiger partial charge >= 0.3 is 7.32 Å². The van der Waals surface area contributed by atoms with E-state index in [0.29, 0.717) is 0 Å². The van der Waals surface area contributed by atoms with Crippen molar-refractivity contribution in [1.82, 2.24) is 0 Å². The fourth-order valence-corrected chi connectivity index (χ4v) is 3.34. The SMILES string of the molecule is OB(Oc1c(F)c(F)c(F)c(F)c1F)OC1c2ccccc2-c2c(F)c(F)c(F)c(F)c21.